The number of rotatable bonds is 1. The standard InChI is InChI=1S/C18H16N4O3/c1-18-5-2-6-22(18)17(24)12-7-11(23)3-4-13(12)21-9-20-15(16(18)21)14-8-19-10-25-14/h3-4,7-10,23H,2,5-6H2,1H3/t18-/m0/s1. The van der Waals surface area contributed by atoms with Crippen molar-refractivity contribution in [3.05, 3.63) is 48.4 Å². The van der Waals surface area contributed by atoms with Crippen molar-refractivity contribution in [3.63, 3.8) is 0 Å². The fourth-order valence-corrected chi connectivity index (χ4v) is 4.14. The number of fused-ring (bicyclic) bond motifs is 5. The molecular weight excluding hydrogens is 320 g/mol. The van der Waals surface area contributed by atoms with Crippen LogP contribution in [0.15, 0.2) is 41.5 Å². The Morgan fingerprint density at radius 2 is 2.24 bits per heavy atom. The Hall–Kier alpha value is -3.09. The number of oxazole rings is 1. The van der Waals surface area contributed by atoms with Crippen molar-refractivity contribution in [2.24, 2.45) is 0 Å². The van der Waals surface area contributed by atoms with E-state index >= 15 is 0 Å². The van der Waals surface area contributed by atoms with Crippen LogP contribution >= 0.6 is 0 Å². The molecule has 1 N–H and O–H groups in total. The highest BCUT2D eigenvalue weighted by molar-refractivity contribution is 6.00. The molecule has 126 valence electrons. The monoisotopic (exact) mass is 336 g/mol. The van der Waals surface area contributed by atoms with E-state index in [2.05, 4.69) is 16.9 Å². The van der Waals surface area contributed by atoms with Gasteiger partial charge in [-0.2, -0.15) is 0 Å². The molecule has 3 aromatic rings. The second-order valence-electron chi connectivity index (χ2n) is 6.71. The summed E-state index contributed by atoms with van der Waals surface area (Å²) in [5, 5.41) is 9.89. The molecule has 4 heterocycles. The van der Waals surface area contributed by atoms with Crippen LogP contribution in [0.2, 0.25) is 0 Å². The van der Waals surface area contributed by atoms with Crippen molar-refractivity contribution < 1.29 is 14.3 Å². The van der Waals surface area contributed by atoms with Crippen LogP contribution in [0.25, 0.3) is 17.1 Å². The number of hydrogen-bond acceptors (Lipinski definition) is 5. The second kappa shape index (κ2) is 4.72. The van der Waals surface area contributed by atoms with Gasteiger partial charge in [0.05, 0.1) is 28.7 Å². The van der Waals surface area contributed by atoms with E-state index in [1.807, 2.05) is 9.47 Å². The quantitative estimate of drug-likeness (QED) is 0.738. The Balaban J connectivity index is 1.87. The summed E-state index contributed by atoms with van der Waals surface area (Å²) in [7, 11) is 0. The average molecular weight is 336 g/mol. The van der Waals surface area contributed by atoms with Gasteiger partial charge in [-0.15, -0.1) is 0 Å². The molecule has 2 aliphatic heterocycles. The molecule has 7 heteroatoms. The highest BCUT2D eigenvalue weighted by Crippen LogP contribution is 2.46. The molecule has 1 atom stereocenters. The van der Waals surface area contributed by atoms with E-state index in [4.69, 9.17) is 4.42 Å². The number of aromatic nitrogens is 3. The van der Waals surface area contributed by atoms with E-state index in [1.165, 1.54) is 12.5 Å². The fourth-order valence-electron chi connectivity index (χ4n) is 4.14. The van der Waals surface area contributed by atoms with Gasteiger partial charge < -0.3 is 14.4 Å². The molecule has 25 heavy (non-hydrogen) atoms. The lowest BCUT2D eigenvalue weighted by molar-refractivity contribution is 0.0621. The van der Waals surface area contributed by atoms with Gasteiger partial charge in [-0.05, 0) is 38.0 Å². The lowest BCUT2D eigenvalue weighted by atomic mass is 9.92. The van der Waals surface area contributed by atoms with Crippen molar-refractivity contribution in [1.29, 1.82) is 0 Å². The van der Waals surface area contributed by atoms with E-state index in [0.29, 0.717) is 29.2 Å². The summed E-state index contributed by atoms with van der Waals surface area (Å²) in [6.45, 7) is 2.74. The van der Waals surface area contributed by atoms with Gasteiger partial charge in [0, 0.05) is 6.54 Å². The largest absolute Gasteiger partial charge is 0.508 e. The molecule has 2 aliphatic rings. The minimum atomic E-state index is -0.496. The second-order valence-corrected chi connectivity index (χ2v) is 6.71. The van der Waals surface area contributed by atoms with Gasteiger partial charge in [0.15, 0.2) is 12.2 Å². The molecule has 1 fully saturated rings. The van der Waals surface area contributed by atoms with Crippen molar-refractivity contribution in [1.82, 2.24) is 19.4 Å². The first-order chi connectivity index (χ1) is 12.1. The Labute approximate surface area is 143 Å². The Morgan fingerprint density at radius 3 is 3.04 bits per heavy atom. The number of carbonyl (C=O) groups excluding carboxylic acids is 1. The van der Waals surface area contributed by atoms with E-state index in [9.17, 15) is 9.90 Å². The lowest BCUT2D eigenvalue weighted by Crippen LogP contribution is -2.42. The topological polar surface area (TPSA) is 84.4 Å². The summed E-state index contributed by atoms with van der Waals surface area (Å²) in [5.41, 5.74) is 2.31. The maximum Gasteiger partial charge on any atom is 0.256 e. The van der Waals surface area contributed by atoms with Crippen LogP contribution in [0.5, 0.6) is 5.75 Å². The van der Waals surface area contributed by atoms with Crippen molar-refractivity contribution in [3.8, 4) is 22.9 Å². The van der Waals surface area contributed by atoms with E-state index in [0.717, 1.165) is 18.5 Å². The maximum atomic E-state index is 13.2. The van der Waals surface area contributed by atoms with Crippen LogP contribution in [0.4, 0.5) is 0 Å². The predicted octanol–water partition coefficient (Wildman–Crippen LogP) is 2.70. The smallest absolute Gasteiger partial charge is 0.256 e. The molecule has 5 rings (SSSR count). The van der Waals surface area contributed by atoms with Gasteiger partial charge in [0.25, 0.3) is 5.91 Å². The van der Waals surface area contributed by atoms with Crippen molar-refractivity contribution >= 4 is 5.91 Å². The summed E-state index contributed by atoms with van der Waals surface area (Å²) >= 11 is 0. The van der Waals surface area contributed by atoms with Gasteiger partial charge in [-0.3, -0.25) is 9.36 Å². The zero-order valence-corrected chi connectivity index (χ0v) is 13.6. The fraction of sp³-hybridized carbons (Fsp3) is 0.278. The molecule has 0 saturated carbocycles. The number of carbonyl (C=O) groups is 1. The molecule has 0 aliphatic carbocycles. The normalized spacial score (nSPS) is 21.6. The minimum Gasteiger partial charge on any atom is -0.508 e. The zero-order chi connectivity index (χ0) is 17.2. The van der Waals surface area contributed by atoms with Crippen molar-refractivity contribution in [2.45, 2.75) is 25.3 Å². The van der Waals surface area contributed by atoms with Gasteiger partial charge >= 0.3 is 0 Å². The van der Waals surface area contributed by atoms with Gasteiger partial charge in [0.2, 0.25) is 0 Å². The predicted molar refractivity (Wildman–Crippen MR) is 88.3 cm³/mol. The van der Waals surface area contributed by atoms with Crippen LogP contribution in [0.1, 0.15) is 35.8 Å². The SMILES string of the molecule is C[C@@]12CCCN1C(=O)c1cc(O)ccc1-n1cnc(-c3cnco3)c12. The Morgan fingerprint density at radius 1 is 1.36 bits per heavy atom. The number of nitrogens with zero attached hydrogens (tertiary/aromatic N) is 4. The van der Waals surface area contributed by atoms with Crippen LogP contribution in [0, 0.1) is 0 Å². The molecule has 0 radical (unpaired) electrons. The first kappa shape index (κ1) is 14.3. The molecule has 1 aromatic carbocycles. The first-order valence-corrected chi connectivity index (χ1v) is 8.21. The highest BCUT2D eigenvalue weighted by atomic mass is 16.3. The third kappa shape index (κ3) is 1.77. The Bertz CT molecular complexity index is 992. The summed E-state index contributed by atoms with van der Waals surface area (Å²) < 4.78 is 7.42. The molecule has 2 aromatic heterocycles. The van der Waals surface area contributed by atoms with E-state index in [-0.39, 0.29) is 11.7 Å². The molecular formula is C18H16N4O3. The number of phenols is 1. The summed E-state index contributed by atoms with van der Waals surface area (Å²) in [5.74, 6) is 0.585. The number of aromatic hydroxyl groups is 1. The highest BCUT2D eigenvalue weighted by Gasteiger charge is 2.48. The van der Waals surface area contributed by atoms with Gasteiger partial charge in [0.1, 0.15) is 17.8 Å². The molecule has 0 bridgehead atoms. The number of hydrogen-bond donors (Lipinski definition) is 1. The molecule has 7 nitrogen and oxygen atoms in total. The van der Waals surface area contributed by atoms with Gasteiger partial charge in [-0.1, -0.05) is 0 Å². The third-order valence-electron chi connectivity index (χ3n) is 5.30. The van der Waals surface area contributed by atoms with Crippen LogP contribution in [0.3, 0.4) is 0 Å². The van der Waals surface area contributed by atoms with Crippen molar-refractivity contribution in [2.75, 3.05) is 6.54 Å². The number of imidazole rings is 1. The molecule has 0 unspecified atom stereocenters. The zero-order valence-electron chi connectivity index (χ0n) is 13.6. The summed E-state index contributed by atoms with van der Waals surface area (Å²) in [6, 6.07) is 4.87. The lowest BCUT2D eigenvalue weighted by Gasteiger charge is -2.34. The third-order valence-corrected chi connectivity index (χ3v) is 5.30. The number of amides is 1. The van der Waals surface area contributed by atoms with Crippen LogP contribution < -0.4 is 0 Å². The maximum absolute atomic E-state index is 13.2. The summed E-state index contributed by atoms with van der Waals surface area (Å²) in [4.78, 5) is 23.6. The minimum absolute atomic E-state index is 0.0712. The van der Waals surface area contributed by atoms with Crippen LogP contribution in [-0.4, -0.2) is 37.0 Å². The van der Waals surface area contributed by atoms with E-state index in [1.54, 1.807) is 24.7 Å². The van der Waals surface area contributed by atoms with Crippen LogP contribution in [-0.2, 0) is 5.54 Å². The Kier molecular flexibility index (Phi) is 2.69. The first-order valence-electron chi connectivity index (χ1n) is 8.21. The summed E-state index contributed by atoms with van der Waals surface area (Å²) in [6.07, 6.45) is 6.48. The molecule has 1 saturated heterocycles. The van der Waals surface area contributed by atoms with E-state index < -0.39 is 5.54 Å². The average Bonchev–Trinajstić information content (AvgIpc) is 3.32. The van der Waals surface area contributed by atoms with Gasteiger partial charge in [-0.25, -0.2) is 9.97 Å². The number of phenolic OH excluding ortho intramolecular Hbond substituents is 1. The number of benzene rings is 1. The molecule has 0 spiro atoms. The molecule has 1 amide bonds.